The second-order valence-corrected chi connectivity index (χ2v) is 6.05. The van der Waals surface area contributed by atoms with Crippen LogP contribution in [0.2, 0.25) is 0 Å². The van der Waals surface area contributed by atoms with E-state index in [1.54, 1.807) is 0 Å². The number of aliphatic imine (C=N–C) groups is 1. The molecule has 0 amide bonds. The maximum Gasteiger partial charge on any atom is 0.121 e. The zero-order valence-corrected chi connectivity index (χ0v) is 12.6. The number of ether oxygens (including phenoxy) is 1. The Labute approximate surface area is 130 Å². The molecule has 3 rings (SSSR count). The van der Waals surface area contributed by atoms with Crippen molar-refractivity contribution >= 4 is 11.4 Å². The third-order valence-corrected chi connectivity index (χ3v) is 4.48. The van der Waals surface area contributed by atoms with Crippen LogP contribution in [0.5, 0.6) is 0 Å². The molecule has 1 aromatic carbocycles. The molecular weight excluding hydrogens is 274 g/mol. The molecule has 1 heterocycles. The second-order valence-electron chi connectivity index (χ2n) is 6.05. The van der Waals surface area contributed by atoms with Gasteiger partial charge in [0, 0.05) is 0 Å². The molecule has 2 N–H and O–H groups in total. The van der Waals surface area contributed by atoms with Crippen LogP contribution >= 0.6 is 0 Å². The zero-order valence-electron chi connectivity index (χ0n) is 12.6. The van der Waals surface area contributed by atoms with Crippen LogP contribution in [0.1, 0.15) is 18.9 Å². The lowest BCUT2D eigenvalue weighted by Gasteiger charge is -2.42. The number of nitrogens with zero attached hydrogens (tertiary/aromatic N) is 2. The molecule has 0 saturated heterocycles. The topological polar surface area (TPSA) is 71.4 Å². The Morgan fingerprint density at radius 3 is 2.77 bits per heavy atom. The lowest BCUT2D eigenvalue weighted by atomic mass is 9.65. The Morgan fingerprint density at radius 1 is 1.32 bits per heavy atom. The van der Waals surface area contributed by atoms with Gasteiger partial charge in [-0.15, -0.1) is 0 Å². The number of nitriles is 1. The van der Waals surface area contributed by atoms with Crippen molar-refractivity contribution in [2.45, 2.75) is 18.9 Å². The maximum absolute atomic E-state index is 9.92. The molecule has 2 atom stereocenters. The lowest BCUT2D eigenvalue weighted by molar-refractivity contribution is 0.0683. The van der Waals surface area contributed by atoms with Gasteiger partial charge in [-0.25, -0.2) is 0 Å². The molecular formula is C18H19N3O. The van der Waals surface area contributed by atoms with Crippen LogP contribution < -0.4 is 5.73 Å². The number of hydrogen-bond donors (Lipinski definition) is 1. The highest BCUT2D eigenvalue weighted by atomic mass is 16.5. The van der Waals surface area contributed by atoms with Crippen LogP contribution in [0.3, 0.4) is 0 Å². The van der Waals surface area contributed by atoms with E-state index in [0.717, 1.165) is 11.1 Å². The molecule has 22 heavy (non-hydrogen) atoms. The van der Waals surface area contributed by atoms with Crippen molar-refractivity contribution in [1.82, 2.24) is 0 Å². The highest BCUT2D eigenvalue weighted by Crippen LogP contribution is 2.46. The number of benzene rings is 1. The highest BCUT2D eigenvalue weighted by Gasteiger charge is 2.50. The molecule has 112 valence electrons. The van der Waals surface area contributed by atoms with Crippen LogP contribution in [0.25, 0.3) is 5.57 Å². The smallest absolute Gasteiger partial charge is 0.121 e. The SMILES string of the molecule is CC1(C2(C#N)C=CC=C(c3ccccc3)C2)COCC(N)=N1. The van der Waals surface area contributed by atoms with Gasteiger partial charge in [0.05, 0.1) is 12.7 Å². The van der Waals surface area contributed by atoms with Gasteiger partial charge in [-0.1, -0.05) is 48.6 Å². The standard InChI is InChI=1S/C18H19N3O/c1-17(13-22-11-16(20)21-17)18(12-19)9-5-8-15(10-18)14-6-3-2-4-7-14/h2-9H,10-11,13H2,1H3,(H2,20,21). The van der Waals surface area contributed by atoms with Gasteiger partial charge in [0.25, 0.3) is 0 Å². The van der Waals surface area contributed by atoms with Gasteiger partial charge in [0.2, 0.25) is 0 Å². The first-order valence-electron chi connectivity index (χ1n) is 7.36. The number of allylic oxidation sites excluding steroid dienone is 3. The van der Waals surface area contributed by atoms with Crippen LogP contribution in [-0.4, -0.2) is 24.6 Å². The van der Waals surface area contributed by atoms with Crippen molar-refractivity contribution in [3.05, 3.63) is 54.1 Å². The zero-order chi connectivity index (χ0) is 15.6. The molecule has 0 aromatic heterocycles. The van der Waals surface area contributed by atoms with E-state index in [-0.39, 0.29) is 0 Å². The van der Waals surface area contributed by atoms with E-state index in [1.807, 2.05) is 37.3 Å². The summed E-state index contributed by atoms with van der Waals surface area (Å²) in [6.45, 7) is 2.68. The van der Waals surface area contributed by atoms with Gasteiger partial charge >= 0.3 is 0 Å². The van der Waals surface area contributed by atoms with Crippen molar-refractivity contribution < 1.29 is 4.74 Å². The van der Waals surface area contributed by atoms with Gasteiger partial charge in [-0.3, -0.25) is 4.99 Å². The minimum atomic E-state index is -0.752. The van der Waals surface area contributed by atoms with Crippen molar-refractivity contribution in [2.75, 3.05) is 13.2 Å². The number of hydrogen-bond acceptors (Lipinski definition) is 4. The minimum absolute atomic E-state index is 0.336. The summed E-state index contributed by atoms with van der Waals surface area (Å²) in [7, 11) is 0. The van der Waals surface area contributed by atoms with E-state index in [2.05, 4.69) is 29.3 Å². The molecule has 0 spiro atoms. The molecule has 0 bridgehead atoms. The highest BCUT2D eigenvalue weighted by molar-refractivity contribution is 5.83. The summed E-state index contributed by atoms with van der Waals surface area (Å²) in [5.41, 5.74) is 6.69. The Hall–Kier alpha value is -2.38. The lowest BCUT2D eigenvalue weighted by Crippen LogP contribution is -2.51. The summed E-state index contributed by atoms with van der Waals surface area (Å²) in [6, 6.07) is 12.6. The van der Waals surface area contributed by atoms with E-state index in [4.69, 9.17) is 10.5 Å². The summed E-state index contributed by atoms with van der Waals surface area (Å²) >= 11 is 0. The van der Waals surface area contributed by atoms with Crippen molar-refractivity contribution in [3.8, 4) is 6.07 Å². The second kappa shape index (κ2) is 5.43. The molecule has 1 aliphatic heterocycles. The average molecular weight is 293 g/mol. The third-order valence-electron chi connectivity index (χ3n) is 4.48. The van der Waals surface area contributed by atoms with E-state index >= 15 is 0 Å². The Bertz CT molecular complexity index is 699. The van der Waals surface area contributed by atoms with Gasteiger partial charge in [-0.2, -0.15) is 5.26 Å². The first-order chi connectivity index (χ1) is 10.6. The molecule has 4 nitrogen and oxygen atoms in total. The first-order valence-corrected chi connectivity index (χ1v) is 7.36. The Kier molecular flexibility index (Phi) is 3.59. The Morgan fingerprint density at radius 2 is 2.09 bits per heavy atom. The molecule has 2 aliphatic rings. The summed E-state index contributed by atoms with van der Waals surface area (Å²) in [5.74, 6) is 0.451. The van der Waals surface area contributed by atoms with Crippen LogP contribution in [0, 0.1) is 16.7 Å². The predicted molar refractivity (Wildman–Crippen MR) is 87.1 cm³/mol. The van der Waals surface area contributed by atoms with Gasteiger partial charge in [0.15, 0.2) is 0 Å². The van der Waals surface area contributed by atoms with E-state index in [1.165, 1.54) is 0 Å². The number of nitrogens with two attached hydrogens (primary N) is 1. The minimum Gasteiger partial charge on any atom is -0.386 e. The van der Waals surface area contributed by atoms with Gasteiger partial charge in [0.1, 0.15) is 23.4 Å². The summed E-state index contributed by atoms with van der Waals surface area (Å²) in [6.07, 6.45) is 6.54. The largest absolute Gasteiger partial charge is 0.386 e. The molecule has 4 heteroatoms. The van der Waals surface area contributed by atoms with Crippen LogP contribution in [0.4, 0.5) is 0 Å². The summed E-state index contributed by atoms with van der Waals surface area (Å²) < 4.78 is 5.56. The van der Waals surface area contributed by atoms with Crippen molar-refractivity contribution in [1.29, 1.82) is 5.26 Å². The molecule has 1 aliphatic carbocycles. The molecule has 0 saturated carbocycles. The van der Waals surface area contributed by atoms with Gasteiger partial charge < -0.3 is 10.5 Å². The molecule has 0 fully saturated rings. The fourth-order valence-corrected chi connectivity index (χ4v) is 3.13. The van der Waals surface area contributed by atoms with E-state index in [0.29, 0.717) is 25.5 Å². The predicted octanol–water partition coefficient (Wildman–Crippen LogP) is 2.69. The molecule has 0 radical (unpaired) electrons. The summed E-state index contributed by atoms with van der Waals surface area (Å²) in [5, 5.41) is 9.92. The third kappa shape index (κ3) is 2.34. The van der Waals surface area contributed by atoms with E-state index < -0.39 is 11.0 Å². The fourth-order valence-electron chi connectivity index (χ4n) is 3.13. The summed E-state index contributed by atoms with van der Waals surface area (Å²) in [4.78, 5) is 4.58. The van der Waals surface area contributed by atoms with Crippen molar-refractivity contribution in [2.24, 2.45) is 16.1 Å². The number of rotatable bonds is 2. The average Bonchev–Trinajstić information content (AvgIpc) is 2.55. The maximum atomic E-state index is 9.92. The normalized spacial score (nSPS) is 31.1. The molecule has 1 aromatic rings. The van der Waals surface area contributed by atoms with Gasteiger partial charge in [-0.05, 0) is 24.5 Å². The Balaban J connectivity index is 2.00. The first kappa shape index (κ1) is 14.6. The van der Waals surface area contributed by atoms with E-state index in [9.17, 15) is 5.26 Å². The van der Waals surface area contributed by atoms with Crippen LogP contribution in [-0.2, 0) is 4.74 Å². The van der Waals surface area contributed by atoms with Crippen molar-refractivity contribution in [3.63, 3.8) is 0 Å². The number of amidine groups is 1. The molecule has 2 unspecified atom stereocenters. The van der Waals surface area contributed by atoms with Crippen LogP contribution in [0.15, 0.2) is 53.6 Å². The fraction of sp³-hybridized carbons (Fsp3) is 0.333. The monoisotopic (exact) mass is 293 g/mol. The quantitative estimate of drug-likeness (QED) is 0.911.